The van der Waals surface area contributed by atoms with Gasteiger partial charge in [-0.1, -0.05) is 22.0 Å². The Hall–Kier alpha value is -1.03. The van der Waals surface area contributed by atoms with E-state index in [0.717, 1.165) is 0 Å². The molecule has 0 radical (unpaired) electrons. The molecule has 82 valence electrons. The Balaban J connectivity index is 3.11. The van der Waals surface area contributed by atoms with Crippen molar-refractivity contribution in [2.75, 3.05) is 19.5 Å². The predicted molar refractivity (Wildman–Crippen MR) is 62.3 cm³/mol. The van der Waals surface area contributed by atoms with Gasteiger partial charge in [0.2, 0.25) is 0 Å². The minimum absolute atomic E-state index is 0.0441. The van der Waals surface area contributed by atoms with E-state index in [9.17, 15) is 4.79 Å². The molecule has 0 atom stereocenters. The van der Waals surface area contributed by atoms with Crippen molar-refractivity contribution in [1.29, 1.82) is 0 Å². The maximum absolute atomic E-state index is 11.7. The summed E-state index contributed by atoms with van der Waals surface area (Å²) in [5.74, 6) is 1.13. The van der Waals surface area contributed by atoms with Gasteiger partial charge in [-0.05, 0) is 12.1 Å². The summed E-state index contributed by atoms with van der Waals surface area (Å²) in [5, 5.41) is 0.645. The van der Waals surface area contributed by atoms with Crippen molar-refractivity contribution in [3.8, 4) is 11.5 Å². The molecule has 0 saturated heterocycles. The van der Waals surface area contributed by atoms with Crippen LogP contribution in [0, 0.1) is 0 Å². The van der Waals surface area contributed by atoms with Gasteiger partial charge in [-0.2, -0.15) is 0 Å². The number of carbonyl (C=O) groups is 1. The molecule has 0 amide bonds. The van der Waals surface area contributed by atoms with Crippen LogP contribution in [0.3, 0.4) is 0 Å². The first-order valence-electron chi connectivity index (χ1n) is 4.54. The van der Waals surface area contributed by atoms with Crippen LogP contribution in [0.4, 0.5) is 0 Å². The van der Waals surface area contributed by atoms with Crippen molar-refractivity contribution in [3.63, 3.8) is 0 Å². The van der Waals surface area contributed by atoms with Crippen molar-refractivity contribution in [2.24, 2.45) is 0 Å². The maximum Gasteiger partial charge on any atom is 0.171 e. The van der Waals surface area contributed by atoms with E-state index in [1.807, 2.05) is 0 Å². The quantitative estimate of drug-likeness (QED) is 0.611. The van der Waals surface area contributed by atoms with Gasteiger partial charge in [0.05, 0.1) is 19.8 Å². The Morgan fingerprint density at radius 3 is 2.60 bits per heavy atom. The minimum Gasteiger partial charge on any atom is -0.493 e. The van der Waals surface area contributed by atoms with E-state index in [-0.39, 0.29) is 5.78 Å². The SMILES string of the molecule is COc1cccc(C(=O)CCBr)c1OC. The van der Waals surface area contributed by atoms with Crippen LogP contribution < -0.4 is 9.47 Å². The summed E-state index contributed by atoms with van der Waals surface area (Å²) in [4.78, 5) is 11.7. The molecule has 0 heterocycles. The number of carbonyl (C=O) groups excluding carboxylic acids is 1. The second kappa shape index (κ2) is 5.75. The Kier molecular flexibility index (Phi) is 4.62. The molecule has 0 aliphatic rings. The highest BCUT2D eigenvalue weighted by atomic mass is 79.9. The zero-order valence-corrected chi connectivity index (χ0v) is 10.3. The summed E-state index contributed by atoms with van der Waals surface area (Å²) in [6.45, 7) is 0. The molecule has 0 aromatic heterocycles. The van der Waals surface area contributed by atoms with E-state index >= 15 is 0 Å². The largest absolute Gasteiger partial charge is 0.493 e. The average Bonchev–Trinajstić information content (AvgIpc) is 2.28. The van der Waals surface area contributed by atoms with Crippen LogP contribution in [-0.2, 0) is 0 Å². The summed E-state index contributed by atoms with van der Waals surface area (Å²) in [5.41, 5.74) is 0.566. The third-order valence-electron chi connectivity index (χ3n) is 2.02. The molecule has 0 N–H and O–H groups in total. The number of para-hydroxylation sites is 1. The van der Waals surface area contributed by atoms with Gasteiger partial charge in [0.25, 0.3) is 0 Å². The van der Waals surface area contributed by atoms with E-state index in [0.29, 0.717) is 28.8 Å². The number of benzene rings is 1. The predicted octanol–water partition coefficient (Wildman–Crippen LogP) is 2.67. The minimum atomic E-state index is 0.0441. The van der Waals surface area contributed by atoms with E-state index in [1.165, 1.54) is 7.11 Å². The number of hydrogen-bond donors (Lipinski definition) is 0. The number of ketones is 1. The second-order valence-electron chi connectivity index (χ2n) is 2.90. The first kappa shape index (κ1) is 12.0. The van der Waals surface area contributed by atoms with Gasteiger partial charge in [0.1, 0.15) is 0 Å². The zero-order chi connectivity index (χ0) is 11.3. The normalized spacial score (nSPS) is 9.80. The van der Waals surface area contributed by atoms with Crippen molar-refractivity contribution in [1.82, 2.24) is 0 Å². The Bertz CT molecular complexity index is 350. The van der Waals surface area contributed by atoms with Crippen LogP contribution in [0.2, 0.25) is 0 Å². The number of methoxy groups -OCH3 is 2. The lowest BCUT2D eigenvalue weighted by atomic mass is 10.1. The van der Waals surface area contributed by atoms with E-state index in [4.69, 9.17) is 9.47 Å². The number of halogens is 1. The van der Waals surface area contributed by atoms with E-state index in [1.54, 1.807) is 25.3 Å². The second-order valence-corrected chi connectivity index (χ2v) is 3.70. The molecule has 0 unspecified atom stereocenters. The van der Waals surface area contributed by atoms with Gasteiger partial charge in [-0.15, -0.1) is 0 Å². The molecule has 0 bridgehead atoms. The van der Waals surface area contributed by atoms with Crippen molar-refractivity contribution in [3.05, 3.63) is 23.8 Å². The van der Waals surface area contributed by atoms with E-state index < -0.39 is 0 Å². The van der Waals surface area contributed by atoms with Crippen molar-refractivity contribution >= 4 is 21.7 Å². The van der Waals surface area contributed by atoms with Crippen molar-refractivity contribution < 1.29 is 14.3 Å². The molecular weight excluding hydrogens is 260 g/mol. The van der Waals surface area contributed by atoms with E-state index in [2.05, 4.69) is 15.9 Å². The highest BCUT2D eigenvalue weighted by Gasteiger charge is 2.15. The molecule has 1 aromatic carbocycles. The number of alkyl halides is 1. The highest BCUT2D eigenvalue weighted by molar-refractivity contribution is 9.09. The van der Waals surface area contributed by atoms with Crippen LogP contribution in [0.5, 0.6) is 11.5 Å². The molecule has 1 rings (SSSR count). The maximum atomic E-state index is 11.7. The number of hydrogen-bond acceptors (Lipinski definition) is 3. The standard InChI is InChI=1S/C11H13BrO3/c1-14-10-5-3-4-8(11(10)15-2)9(13)6-7-12/h3-5H,6-7H2,1-2H3. The summed E-state index contributed by atoms with van der Waals surface area (Å²) < 4.78 is 10.3. The number of rotatable bonds is 5. The lowest BCUT2D eigenvalue weighted by Crippen LogP contribution is -2.03. The van der Waals surface area contributed by atoms with Crippen LogP contribution in [0.1, 0.15) is 16.8 Å². The first-order valence-corrected chi connectivity index (χ1v) is 5.67. The Morgan fingerprint density at radius 2 is 2.07 bits per heavy atom. The van der Waals surface area contributed by atoms with Gasteiger partial charge in [0.15, 0.2) is 17.3 Å². The van der Waals surface area contributed by atoms with Crippen LogP contribution in [0.25, 0.3) is 0 Å². The smallest absolute Gasteiger partial charge is 0.171 e. The van der Waals surface area contributed by atoms with Crippen molar-refractivity contribution in [2.45, 2.75) is 6.42 Å². The molecule has 0 aliphatic carbocycles. The molecule has 0 saturated carbocycles. The molecule has 0 spiro atoms. The third kappa shape index (κ3) is 2.72. The topological polar surface area (TPSA) is 35.5 Å². The number of ether oxygens (including phenoxy) is 2. The van der Waals surface area contributed by atoms with Gasteiger partial charge < -0.3 is 9.47 Å². The molecular formula is C11H13BrO3. The molecule has 4 heteroatoms. The average molecular weight is 273 g/mol. The lowest BCUT2D eigenvalue weighted by molar-refractivity contribution is 0.0986. The summed E-state index contributed by atoms with van der Waals surface area (Å²) in [7, 11) is 3.08. The highest BCUT2D eigenvalue weighted by Crippen LogP contribution is 2.31. The lowest BCUT2D eigenvalue weighted by Gasteiger charge is -2.11. The zero-order valence-electron chi connectivity index (χ0n) is 8.75. The molecule has 1 aromatic rings. The molecule has 3 nitrogen and oxygen atoms in total. The fourth-order valence-corrected chi connectivity index (χ4v) is 1.69. The summed E-state index contributed by atoms with van der Waals surface area (Å²) in [6, 6.07) is 5.29. The Morgan fingerprint density at radius 1 is 1.33 bits per heavy atom. The fourth-order valence-electron chi connectivity index (χ4n) is 1.33. The van der Waals surface area contributed by atoms with Crippen LogP contribution >= 0.6 is 15.9 Å². The monoisotopic (exact) mass is 272 g/mol. The summed E-state index contributed by atoms with van der Waals surface area (Å²) >= 11 is 3.24. The number of Topliss-reactive ketones (excluding diaryl/α,β-unsaturated/α-hetero) is 1. The molecule has 0 fully saturated rings. The van der Waals surface area contributed by atoms with Gasteiger partial charge in [0, 0.05) is 11.8 Å². The summed E-state index contributed by atoms with van der Waals surface area (Å²) in [6.07, 6.45) is 0.448. The van der Waals surface area contributed by atoms with Gasteiger partial charge in [-0.25, -0.2) is 0 Å². The first-order chi connectivity index (χ1) is 7.24. The van der Waals surface area contributed by atoms with Gasteiger partial charge in [-0.3, -0.25) is 4.79 Å². The third-order valence-corrected chi connectivity index (χ3v) is 2.42. The molecule has 15 heavy (non-hydrogen) atoms. The molecule has 0 aliphatic heterocycles. The van der Waals surface area contributed by atoms with Crippen LogP contribution in [0.15, 0.2) is 18.2 Å². The fraction of sp³-hybridized carbons (Fsp3) is 0.364. The van der Waals surface area contributed by atoms with Gasteiger partial charge >= 0.3 is 0 Å². The van der Waals surface area contributed by atoms with Crippen LogP contribution in [-0.4, -0.2) is 25.3 Å². The Labute approximate surface area is 97.5 Å².